The molecule has 0 saturated carbocycles. The number of halogens is 1. The number of nitrogens with one attached hydrogen (secondary N) is 2. The third-order valence-electron chi connectivity index (χ3n) is 5.78. The summed E-state index contributed by atoms with van der Waals surface area (Å²) in [5.41, 5.74) is 0.792. The SMILES string of the molecule is Cl.O=C(Nc1ccccc1)N1CCCC(C(=O)N2C[C@H]3CNC[C@H]3C2)C1. The minimum atomic E-state index is -0.105. The summed E-state index contributed by atoms with van der Waals surface area (Å²) in [7, 11) is 0. The predicted molar refractivity (Wildman–Crippen MR) is 103 cm³/mol. The van der Waals surface area contributed by atoms with E-state index in [-0.39, 0.29) is 30.3 Å². The van der Waals surface area contributed by atoms with Crippen LogP contribution in [0, 0.1) is 17.8 Å². The molecule has 0 spiro atoms. The molecule has 142 valence electrons. The number of rotatable bonds is 2. The van der Waals surface area contributed by atoms with Crippen LogP contribution in [0.5, 0.6) is 0 Å². The summed E-state index contributed by atoms with van der Waals surface area (Å²) in [6.07, 6.45) is 1.78. The molecule has 3 saturated heterocycles. The standard InChI is InChI=1S/C19H26N4O2.ClH/c24-18(23-12-15-9-20-10-16(15)13-23)14-5-4-8-22(11-14)19(25)21-17-6-2-1-3-7-17;/h1-3,6-7,14-16,20H,4-5,8-13H2,(H,21,25);1H/t14?,15-,16+;. The molecule has 2 N–H and O–H groups in total. The fourth-order valence-corrected chi connectivity index (χ4v) is 4.38. The average Bonchev–Trinajstić information content (AvgIpc) is 3.24. The highest BCUT2D eigenvalue weighted by Gasteiger charge is 2.40. The van der Waals surface area contributed by atoms with Crippen LogP contribution in [0.2, 0.25) is 0 Å². The number of piperidine rings is 1. The number of carbonyl (C=O) groups is 2. The Morgan fingerprint density at radius 3 is 2.38 bits per heavy atom. The van der Waals surface area contributed by atoms with E-state index in [0.29, 0.717) is 18.4 Å². The van der Waals surface area contributed by atoms with Gasteiger partial charge in [-0.05, 0) is 36.8 Å². The first-order valence-corrected chi connectivity index (χ1v) is 9.31. The zero-order valence-electron chi connectivity index (χ0n) is 14.9. The first kappa shape index (κ1) is 19.0. The normalized spacial score (nSPS) is 27.6. The van der Waals surface area contributed by atoms with Crippen molar-refractivity contribution in [2.24, 2.45) is 17.8 Å². The number of hydrogen-bond donors (Lipinski definition) is 2. The van der Waals surface area contributed by atoms with Crippen molar-refractivity contribution in [3.63, 3.8) is 0 Å². The van der Waals surface area contributed by atoms with Crippen molar-refractivity contribution in [1.82, 2.24) is 15.1 Å². The Balaban J connectivity index is 0.00000196. The van der Waals surface area contributed by atoms with E-state index in [4.69, 9.17) is 0 Å². The molecule has 3 aliphatic heterocycles. The zero-order chi connectivity index (χ0) is 17.2. The molecule has 0 radical (unpaired) electrons. The second kappa shape index (κ2) is 8.27. The summed E-state index contributed by atoms with van der Waals surface area (Å²) in [6.45, 7) is 5.07. The Morgan fingerprint density at radius 2 is 1.69 bits per heavy atom. The van der Waals surface area contributed by atoms with E-state index in [1.54, 1.807) is 4.90 Å². The number of fused-ring (bicyclic) bond motifs is 1. The highest BCUT2D eigenvalue weighted by molar-refractivity contribution is 5.90. The number of benzene rings is 1. The van der Waals surface area contributed by atoms with E-state index in [1.165, 1.54) is 0 Å². The number of urea groups is 1. The summed E-state index contributed by atoms with van der Waals surface area (Å²) in [6, 6.07) is 9.37. The molecule has 0 bridgehead atoms. The lowest BCUT2D eigenvalue weighted by Gasteiger charge is -2.34. The molecule has 1 unspecified atom stereocenters. The van der Waals surface area contributed by atoms with Gasteiger partial charge in [-0.1, -0.05) is 18.2 Å². The highest BCUT2D eigenvalue weighted by Crippen LogP contribution is 2.29. The van der Waals surface area contributed by atoms with Crippen molar-refractivity contribution in [2.75, 3.05) is 44.6 Å². The molecule has 3 amide bonds. The average molecular weight is 379 g/mol. The van der Waals surface area contributed by atoms with Gasteiger partial charge in [-0.2, -0.15) is 0 Å². The first-order valence-electron chi connectivity index (χ1n) is 9.31. The van der Waals surface area contributed by atoms with Gasteiger partial charge in [0.05, 0.1) is 5.92 Å². The fraction of sp³-hybridized carbons (Fsp3) is 0.579. The van der Waals surface area contributed by atoms with Crippen LogP contribution in [0.3, 0.4) is 0 Å². The quantitative estimate of drug-likeness (QED) is 0.827. The Morgan fingerprint density at radius 1 is 1.00 bits per heavy atom. The second-order valence-electron chi connectivity index (χ2n) is 7.50. The van der Waals surface area contributed by atoms with Gasteiger partial charge in [0.1, 0.15) is 0 Å². The van der Waals surface area contributed by atoms with Crippen LogP contribution in [-0.4, -0.2) is 61.0 Å². The summed E-state index contributed by atoms with van der Waals surface area (Å²) in [5.74, 6) is 1.42. The summed E-state index contributed by atoms with van der Waals surface area (Å²) < 4.78 is 0. The number of nitrogens with zero attached hydrogens (tertiary/aromatic N) is 2. The topological polar surface area (TPSA) is 64.7 Å². The number of amides is 3. The van der Waals surface area contributed by atoms with Crippen molar-refractivity contribution in [3.8, 4) is 0 Å². The van der Waals surface area contributed by atoms with Crippen LogP contribution in [0.1, 0.15) is 12.8 Å². The smallest absolute Gasteiger partial charge is 0.321 e. The van der Waals surface area contributed by atoms with Gasteiger partial charge in [-0.3, -0.25) is 4.79 Å². The van der Waals surface area contributed by atoms with Crippen molar-refractivity contribution in [3.05, 3.63) is 30.3 Å². The first-order chi connectivity index (χ1) is 12.2. The second-order valence-corrected chi connectivity index (χ2v) is 7.50. The minimum Gasteiger partial charge on any atom is -0.342 e. The van der Waals surface area contributed by atoms with Gasteiger partial charge in [0.25, 0.3) is 0 Å². The van der Waals surface area contributed by atoms with Crippen molar-refractivity contribution < 1.29 is 9.59 Å². The maximum absolute atomic E-state index is 12.9. The van der Waals surface area contributed by atoms with E-state index >= 15 is 0 Å². The van der Waals surface area contributed by atoms with Crippen LogP contribution >= 0.6 is 12.4 Å². The monoisotopic (exact) mass is 378 g/mol. The maximum atomic E-state index is 12.9. The largest absolute Gasteiger partial charge is 0.342 e. The number of carbonyl (C=O) groups excluding carboxylic acids is 2. The third-order valence-corrected chi connectivity index (χ3v) is 5.78. The van der Waals surface area contributed by atoms with E-state index < -0.39 is 0 Å². The molecule has 7 heteroatoms. The molecule has 0 aromatic heterocycles. The number of hydrogen-bond acceptors (Lipinski definition) is 3. The molecule has 3 fully saturated rings. The molecule has 4 rings (SSSR count). The van der Waals surface area contributed by atoms with E-state index in [1.807, 2.05) is 35.2 Å². The lowest BCUT2D eigenvalue weighted by Crippen LogP contribution is -2.47. The van der Waals surface area contributed by atoms with Crippen LogP contribution in [0.15, 0.2) is 30.3 Å². The van der Waals surface area contributed by atoms with E-state index in [9.17, 15) is 9.59 Å². The van der Waals surface area contributed by atoms with Gasteiger partial charge in [0, 0.05) is 45.0 Å². The lowest BCUT2D eigenvalue weighted by molar-refractivity contribution is -0.136. The van der Waals surface area contributed by atoms with Crippen LogP contribution < -0.4 is 10.6 Å². The third kappa shape index (κ3) is 3.96. The Labute approximate surface area is 160 Å². The van der Waals surface area contributed by atoms with Crippen molar-refractivity contribution in [1.29, 1.82) is 0 Å². The van der Waals surface area contributed by atoms with Gasteiger partial charge in [-0.25, -0.2) is 4.79 Å². The molecule has 3 atom stereocenters. The van der Waals surface area contributed by atoms with Crippen molar-refractivity contribution in [2.45, 2.75) is 12.8 Å². The lowest BCUT2D eigenvalue weighted by atomic mass is 9.97. The van der Waals surface area contributed by atoms with Gasteiger partial charge in [-0.15, -0.1) is 12.4 Å². The molecular formula is C19H27ClN4O2. The molecule has 3 heterocycles. The molecule has 0 aliphatic carbocycles. The maximum Gasteiger partial charge on any atom is 0.321 e. The Bertz CT molecular complexity index is 630. The summed E-state index contributed by atoms with van der Waals surface area (Å²) in [4.78, 5) is 29.2. The Kier molecular flexibility index (Phi) is 6.04. The highest BCUT2D eigenvalue weighted by atomic mass is 35.5. The Hall–Kier alpha value is -1.79. The molecule has 1 aromatic rings. The van der Waals surface area contributed by atoms with Crippen LogP contribution in [-0.2, 0) is 4.79 Å². The molecule has 1 aromatic carbocycles. The molecule has 6 nitrogen and oxygen atoms in total. The molecule has 26 heavy (non-hydrogen) atoms. The molecular weight excluding hydrogens is 352 g/mol. The summed E-state index contributed by atoms with van der Waals surface area (Å²) >= 11 is 0. The van der Waals surface area contributed by atoms with E-state index in [2.05, 4.69) is 10.6 Å². The van der Waals surface area contributed by atoms with Crippen molar-refractivity contribution >= 4 is 30.0 Å². The van der Waals surface area contributed by atoms with Crippen LogP contribution in [0.4, 0.5) is 10.5 Å². The number of para-hydroxylation sites is 1. The number of anilines is 1. The van der Waals surface area contributed by atoms with Gasteiger partial charge < -0.3 is 20.4 Å². The number of likely N-dealkylation sites (tertiary alicyclic amines) is 2. The minimum absolute atomic E-state index is 0. The van der Waals surface area contributed by atoms with E-state index in [0.717, 1.165) is 51.3 Å². The van der Waals surface area contributed by atoms with Gasteiger partial charge in [0.2, 0.25) is 5.91 Å². The van der Waals surface area contributed by atoms with Gasteiger partial charge >= 0.3 is 6.03 Å². The van der Waals surface area contributed by atoms with Crippen LogP contribution in [0.25, 0.3) is 0 Å². The zero-order valence-corrected chi connectivity index (χ0v) is 15.7. The fourth-order valence-electron chi connectivity index (χ4n) is 4.38. The summed E-state index contributed by atoms with van der Waals surface area (Å²) in [5, 5.41) is 6.34. The predicted octanol–water partition coefficient (Wildman–Crippen LogP) is 2.03. The molecule has 3 aliphatic rings. The van der Waals surface area contributed by atoms with Gasteiger partial charge in [0.15, 0.2) is 0 Å².